The second-order valence-electron chi connectivity index (χ2n) is 8.16. The summed E-state index contributed by atoms with van der Waals surface area (Å²) in [6.45, 7) is 0.844. The Kier molecular flexibility index (Phi) is 6.59. The monoisotopic (exact) mass is 459 g/mol. The SMILES string of the molecule is N#Cc1cccc(S(=O)(=O)N2CCC(C(=O)NCc3ccccc3)(c3ccccc3)CC2)c1. The molecule has 7 heteroatoms. The standard InChI is InChI=1S/C26H25N3O3S/c27-19-22-10-7-13-24(18-22)33(31,32)29-16-14-26(15-17-29,23-11-5-2-6-12-23)25(30)28-20-21-8-3-1-4-9-21/h1-13,18H,14-17,20H2,(H,28,30). The van der Waals surface area contributed by atoms with Crippen LogP contribution in [0.1, 0.15) is 29.5 Å². The first-order chi connectivity index (χ1) is 16.0. The highest BCUT2D eigenvalue weighted by Gasteiger charge is 2.45. The summed E-state index contributed by atoms with van der Waals surface area (Å²) in [5.41, 5.74) is 1.38. The summed E-state index contributed by atoms with van der Waals surface area (Å²) < 4.78 is 27.8. The molecular formula is C26H25N3O3S. The Morgan fingerprint density at radius 3 is 2.21 bits per heavy atom. The lowest BCUT2D eigenvalue weighted by atomic mass is 9.72. The van der Waals surface area contributed by atoms with Gasteiger partial charge in [-0.2, -0.15) is 9.57 Å². The molecule has 0 radical (unpaired) electrons. The summed E-state index contributed by atoms with van der Waals surface area (Å²) in [5.74, 6) is -0.0962. The van der Waals surface area contributed by atoms with Gasteiger partial charge in [0.1, 0.15) is 0 Å². The Morgan fingerprint density at radius 1 is 0.939 bits per heavy atom. The summed E-state index contributed by atoms with van der Waals surface area (Å²) in [5, 5.41) is 12.2. The van der Waals surface area contributed by atoms with E-state index >= 15 is 0 Å². The minimum absolute atomic E-state index is 0.0962. The highest BCUT2D eigenvalue weighted by Crippen LogP contribution is 2.37. The lowest BCUT2D eigenvalue weighted by Gasteiger charge is -2.40. The van der Waals surface area contributed by atoms with Crippen molar-refractivity contribution in [3.63, 3.8) is 0 Å². The van der Waals surface area contributed by atoms with Crippen LogP contribution in [0, 0.1) is 11.3 Å². The second-order valence-corrected chi connectivity index (χ2v) is 10.1. The number of benzene rings is 3. The quantitative estimate of drug-likeness (QED) is 0.610. The van der Waals surface area contributed by atoms with Gasteiger partial charge in [-0.3, -0.25) is 4.79 Å². The van der Waals surface area contributed by atoms with E-state index in [0.29, 0.717) is 24.9 Å². The fourth-order valence-corrected chi connectivity index (χ4v) is 5.82. The molecule has 0 bridgehead atoms. The van der Waals surface area contributed by atoms with Gasteiger partial charge in [-0.05, 0) is 42.2 Å². The first-order valence-corrected chi connectivity index (χ1v) is 12.3. The van der Waals surface area contributed by atoms with Crippen LogP contribution < -0.4 is 5.32 Å². The Bertz CT molecular complexity index is 1260. The Hall–Kier alpha value is -3.47. The molecule has 0 unspecified atom stereocenters. The topological polar surface area (TPSA) is 90.3 Å². The predicted molar refractivity (Wildman–Crippen MR) is 126 cm³/mol. The van der Waals surface area contributed by atoms with Gasteiger partial charge in [0, 0.05) is 19.6 Å². The van der Waals surface area contributed by atoms with Crippen molar-refractivity contribution in [2.24, 2.45) is 0 Å². The van der Waals surface area contributed by atoms with Gasteiger partial charge in [-0.25, -0.2) is 8.42 Å². The number of sulfonamides is 1. The molecule has 3 aromatic rings. The van der Waals surface area contributed by atoms with Gasteiger partial charge in [0.05, 0.1) is 21.9 Å². The molecule has 168 valence electrons. The third kappa shape index (κ3) is 4.68. The molecule has 0 saturated carbocycles. The number of carbonyl (C=O) groups excluding carboxylic acids is 1. The van der Waals surface area contributed by atoms with Crippen molar-refractivity contribution in [1.29, 1.82) is 5.26 Å². The molecule has 4 rings (SSSR count). The molecule has 33 heavy (non-hydrogen) atoms. The number of nitriles is 1. The van der Waals surface area contributed by atoms with E-state index in [1.807, 2.05) is 66.7 Å². The third-order valence-corrected chi connectivity index (χ3v) is 8.13. The Balaban J connectivity index is 1.56. The highest BCUT2D eigenvalue weighted by atomic mass is 32.2. The average Bonchev–Trinajstić information content (AvgIpc) is 2.88. The summed E-state index contributed by atoms with van der Waals surface area (Å²) in [4.78, 5) is 13.6. The average molecular weight is 460 g/mol. The molecule has 0 spiro atoms. The van der Waals surface area contributed by atoms with Gasteiger partial charge in [-0.15, -0.1) is 0 Å². The maximum atomic E-state index is 13.5. The van der Waals surface area contributed by atoms with Crippen LogP contribution in [0.3, 0.4) is 0 Å². The molecule has 1 heterocycles. The summed E-state index contributed by atoms with van der Waals surface area (Å²) >= 11 is 0. The van der Waals surface area contributed by atoms with Crippen LogP contribution in [0.2, 0.25) is 0 Å². The molecule has 1 fully saturated rings. The van der Waals surface area contributed by atoms with E-state index < -0.39 is 15.4 Å². The van der Waals surface area contributed by atoms with Crippen molar-refractivity contribution in [3.05, 3.63) is 102 Å². The number of piperidine rings is 1. The molecule has 0 atom stereocenters. The van der Waals surface area contributed by atoms with Crippen molar-refractivity contribution in [1.82, 2.24) is 9.62 Å². The molecule has 1 amide bonds. The van der Waals surface area contributed by atoms with Crippen molar-refractivity contribution >= 4 is 15.9 Å². The number of carbonyl (C=O) groups is 1. The van der Waals surface area contributed by atoms with Crippen molar-refractivity contribution in [2.75, 3.05) is 13.1 Å². The van der Waals surface area contributed by atoms with E-state index in [9.17, 15) is 13.2 Å². The van der Waals surface area contributed by atoms with E-state index in [1.165, 1.54) is 16.4 Å². The van der Waals surface area contributed by atoms with E-state index in [2.05, 4.69) is 5.32 Å². The number of amides is 1. The maximum absolute atomic E-state index is 13.5. The van der Waals surface area contributed by atoms with Crippen LogP contribution in [-0.4, -0.2) is 31.7 Å². The number of rotatable bonds is 6. The smallest absolute Gasteiger partial charge is 0.243 e. The van der Waals surface area contributed by atoms with E-state index in [0.717, 1.165) is 11.1 Å². The fourth-order valence-electron chi connectivity index (χ4n) is 4.33. The normalized spacial score (nSPS) is 16.0. The van der Waals surface area contributed by atoms with E-state index in [4.69, 9.17) is 5.26 Å². The molecule has 1 aliphatic rings. The second kappa shape index (κ2) is 9.57. The van der Waals surface area contributed by atoms with E-state index in [-0.39, 0.29) is 23.9 Å². The fraction of sp³-hybridized carbons (Fsp3) is 0.231. The molecule has 1 saturated heterocycles. The summed E-state index contributed by atoms with van der Waals surface area (Å²) in [6, 6.07) is 27.3. The van der Waals surface area contributed by atoms with Crippen LogP contribution in [0.15, 0.2) is 89.8 Å². The summed E-state index contributed by atoms with van der Waals surface area (Å²) in [6.07, 6.45) is 0.740. The first-order valence-electron chi connectivity index (χ1n) is 10.8. The van der Waals surface area contributed by atoms with Gasteiger partial charge < -0.3 is 5.32 Å². The van der Waals surface area contributed by atoms with Crippen LogP contribution in [-0.2, 0) is 26.8 Å². The van der Waals surface area contributed by atoms with Crippen LogP contribution in [0.25, 0.3) is 0 Å². The zero-order valence-electron chi connectivity index (χ0n) is 18.1. The number of nitrogens with zero attached hydrogens (tertiary/aromatic N) is 2. The molecule has 1 aliphatic heterocycles. The largest absolute Gasteiger partial charge is 0.351 e. The molecular weight excluding hydrogens is 434 g/mol. The molecule has 6 nitrogen and oxygen atoms in total. The number of nitrogens with one attached hydrogen (secondary N) is 1. The zero-order chi connectivity index (χ0) is 23.3. The highest BCUT2D eigenvalue weighted by molar-refractivity contribution is 7.89. The summed E-state index contributed by atoms with van der Waals surface area (Å²) in [7, 11) is -3.76. The van der Waals surface area contributed by atoms with E-state index in [1.54, 1.807) is 12.1 Å². The Labute approximate surface area is 194 Å². The van der Waals surface area contributed by atoms with Crippen LogP contribution in [0.5, 0.6) is 0 Å². The van der Waals surface area contributed by atoms with Gasteiger partial charge >= 0.3 is 0 Å². The first kappa shape index (κ1) is 22.7. The minimum atomic E-state index is -3.76. The van der Waals surface area contributed by atoms with Crippen LogP contribution in [0.4, 0.5) is 0 Å². The van der Waals surface area contributed by atoms with Gasteiger partial charge in [0.2, 0.25) is 15.9 Å². The van der Waals surface area contributed by atoms with Gasteiger partial charge in [0.15, 0.2) is 0 Å². The molecule has 0 aromatic heterocycles. The van der Waals surface area contributed by atoms with Crippen molar-refractivity contribution in [3.8, 4) is 6.07 Å². The van der Waals surface area contributed by atoms with Crippen LogP contribution >= 0.6 is 0 Å². The Morgan fingerprint density at radius 2 is 1.58 bits per heavy atom. The molecule has 0 aliphatic carbocycles. The zero-order valence-corrected chi connectivity index (χ0v) is 19.0. The van der Waals surface area contributed by atoms with Crippen molar-refractivity contribution in [2.45, 2.75) is 29.7 Å². The lowest BCUT2D eigenvalue weighted by molar-refractivity contribution is -0.128. The predicted octanol–water partition coefficient (Wildman–Crippen LogP) is 3.60. The van der Waals surface area contributed by atoms with Gasteiger partial charge in [0.25, 0.3) is 0 Å². The maximum Gasteiger partial charge on any atom is 0.243 e. The minimum Gasteiger partial charge on any atom is -0.351 e. The van der Waals surface area contributed by atoms with Crippen molar-refractivity contribution < 1.29 is 13.2 Å². The molecule has 1 N–H and O–H groups in total. The lowest BCUT2D eigenvalue weighted by Crippen LogP contribution is -2.52. The molecule has 3 aromatic carbocycles. The van der Waals surface area contributed by atoms with Gasteiger partial charge in [-0.1, -0.05) is 66.7 Å². The number of hydrogen-bond donors (Lipinski definition) is 1. The third-order valence-electron chi connectivity index (χ3n) is 6.23. The number of hydrogen-bond acceptors (Lipinski definition) is 4.